The average Bonchev–Trinajstić information content (AvgIpc) is 1.99. The summed E-state index contributed by atoms with van der Waals surface area (Å²) in [6, 6.07) is 0. The van der Waals surface area contributed by atoms with Crippen LogP contribution < -0.4 is 0 Å². The van der Waals surface area contributed by atoms with Gasteiger partial charge in [0, 0.05) is 0 Å². The van der Waals surface area contributed by atoms with Crippen molar-refractivity contribution in [1.29, 1.82) is 0 Å². The van der Waals surface area contributed by atoms with Crippen LogP contribution in [0.25, 0.3) is 0 Å². The fourth-order valence-electron chi connectivity index (χ4n) is 0.944. The monoisotopic (exact) mass is 232 g/mol. The van der Waals surface area contributed by atoms with E-state index in [0.717, 1.165) is 0 Å². The van der Waals surface area contributed by atoms with E-state index in [1.807, 2.05) is 6.92 Å². The maximum atomic E-state index is 10.8. The molecule has 2 atom stereocenters. The number of hydrogen-bond acceptors (Lipinski definition) is 2. The summed E-state index contributed by atoms with van der Waals surface area (Å²) in [7, 11) is -1.84. The number of aliphatic carboxylic acids is 1. The molecule has 0 saturated carbocycles. The third kappa shape index (κ3) is 3.95. The summed E-state index contributed by atoms with van der Waals surface area (Å²) < 4.78 is 5.98. The van der Waals surface area contributed by atoms with Crippen LogP contribution in [-0.2, 0) is 9.22 Å². The van der Waals surface area contributed by atoms with E-state index in [-0.39, 0.29) is 11.1 Å². The average molecular weight is 232 g/mol. The van der Waals surface area contributed by atoms with Gasteiger partial charge in [-0.1, -0.05) is 20.8 Å². The highest BCUT2D eigenvalue weighted by atomic mass is 28.4. The van der Waals surface area contributed by atoms with Crippen molar-refractivity contribution in [3.63, 3.8) is 0 Å². The second-order valence-electron chi connectivity index (χ2n) is 5.71. The van der Waals surface area contributed by atoms with Gasteiger partial charge < -0.3 is 9.53 Å². The standard InChI is InChI=1S/C11H24O3Si/c1-8(10(12)13)9(2)14-15(6,7)11(3,4)5/h8-9H,1-7H3,(H,12,13). The van der Waals surface area contributed by atoms with Crippen LogP contribution in [0, 0.1) is 5.92 Å². The number of rotatable bonds is 4. The molecular weight excluding hydrogens is 208 g/mol. The van der Waals surface area contributed by atoms with Crippen LogP contribution in [0.4, 0.5) is 0 Å². The maximum Gasteiger partial charge on any atom is 0.308 e. The molecule has 0 aliphatic rings. The number of carboxylic acid groups (broad SMARTS) is 1. The van der Waals surface area contributed by atoms with Gasteiger partial charge in [-0.2, -0.15) is 0 Å². The Morgan fingerprint density at radius 3 is 1.93 bits per heavy atom. The molecule has 0 heterocycles. The SMILES string of the molecule is CC(O[Si](C)(C)C(C)(C)C)C(C)C(=O)O. The Bertz CT molecular complexity index is 230. The zero-order chi connectivity index (χ0) is 12.4. The molecule has 0 amide bonds. The van der Waals surface area contributed by atoms with E-state index >= 15 is 0 Å². The minimum absolute atomic E-state index is 0.124. The summed E-state index contributed by atoms with van der Waals surface area (Å²) in [5.41, 5.74) is 0. The summed E-state index contributed by atoms with van der Waals surface area (Å²) in [6.07, 6.45) is -0.219. The molecule has 0 aromatic rings. The number of carbonyl (C=O) groups is 1. The van der Waals surface area contributed by atoms with Crippen molar-refractivity contribution in [3.05, 3.63) is 0 Å². The van der Waals surface area contributed by atoms with Crippen molar-refractivity contribution in [2.75, 3.05) is 0 Å². The van der Waals surface area contributed by atoms with E-state index in [1.54, 1.807) is 6.92 Å². The predicted molar refractivity (Wildman–Crippen MR) is 64.5 cm³/mol. The van der Waals surface area contributed by atoms with Crippen LogP contribution in [0.15, 0.2) is 0 Å². The van der Waals surface area contributed by atoms with E-state index in [9.17, 15) is 4.79 Å². The van der Waals surface area contributed by atoms with Crippen molar-refractivity contribution in [2.24, 2.45) is 5.92 Å². The number of carboxylic acids is 1. The van der Waals surface area contributed by atoms with Gasteiger partial charge in [0.05, 0.1) is 12.0 Å². The summed E-state index contributed by atoms with van der Waals surface area (Å²) in [5, 5.41) is 9.01. The summed E-state index contributed by atoms with van der Waals surface area (Å²) >= 11 is 0. The molecule has 2 unspecified atom stereocenters. The topological polar surface area (TPSA) is 46.5 Å². The lowest BCUT2D eigenvalue weighted by Gasteiger charge is -2.39. The van der Waals surface area contributed by atoms with Gasteiger partial charge in [0.1, 0.15) is 0 Å². The largest absolute Gasteiger partial charge is 0.481 e. The van der Waals surface area contributed by atoms with Crippen LogP contribution in [0.3, 0.4) is 0 Å². The molecule has 0 rings (SSSR count). The first-order valence-electron chi connectivity index (χ1n) is 5.39. The molecule has 3 nitrogen and oxygen atoms in total. The van der Waals surface area contributed by atoms with Crippen LogP contribution in [0.1, 0.15) is 34.6 Å². The Kier molecular flexibility index (Phi) is 4.55. The van der Waals surface area contributed by atoms with Crippen LogP contribution in [-0.4, -0.2) is 25.5 Å². The highest BCUT2D eigenvalue weighted by Gasteiger charge is 2.39. The van der Waals surface area contributed by atoms with E-state index in [0.29, 0.717) is 0 Å². The van der Waals surface area contributed by atoms with Crippen molar-refractivity contribution < 1.29 is 14.3 Å². The van der Waals surface area contributed by atoms with E-state index in [4.69, 9.17) is 9.53 Å². The molecule has 0 spiro atoms. The molecule has 0 aromatic heterocycles. The van der Waals surface area contributed by atoms with Gasteiger partial charge in [-0.25, -0.2) is 0 Å². The molecule has 0 radical (unpaired) electrons. The van der Waals surface area contributed by atoms with Gasteiger partial charge >= 0.3 is 5.97 Å². The van der Waals surface area contributed by atoms with Crippen LogP contribution >= 0.6 is 0 Å². The first-order valence-corrected chi connectivity index (χ1v) is 8.30. The normalized spacial score (nSPS) is 17.3. The molecule has 0 saturated heterocycles. The molecule has 1 N–H and O–H groups in total. The lowest BCUT2D eigenvalue weighted by molar-refractivity contribution is -0.144. The van der Waals surface area contributed by atoms with Crippen molar-refractivity contribution in [3.8, 4) is 0 Å². The molecule has 0 aliphatic carbocycles. The summed E-state index contributed by atoms with van der Waals surface area (Å²) in [5.74, 6) is -1.24. The van der Waals surface area contributed by atoms with E-state index in [2.05, 4.69) is 33.9 Å². The van der Waals surface area contributed by atoms with Gasteiger partial charge in [-0.15, -0.1) is 0 Å². The second kappa shape index (κ2) is 4.66. The molecule has 90 valence electrons. The summed E-state index contributed by atoms with van der Waals surface area (Å²) in [4.78, 5) is 10.8. The van der Waals surface area contributed by atoms with Gasteiger partial charge in [-0.05, 0) is 32.0 Å². The zero-order valence-corrected chi connectivity index (χ0v) is 11.9. The van der Waals surface area contributed by atoms with Crippen molar-refractivity contribution in [1.82, 2.24) is 0 Å². The maximum absolute atomic E-state index is 10.8. The minimum Gasteiger partial charge on any atom is -0.481 e. The van der Waals surface area contributed by atoms with Gasteiger partial charge in [-0.3, -0.25) is 4.79 Å². The molecule has 0 aromatic carbocycles. The Hall–Kier alpha value is -0.353. The van der Waals surface area contributed by atoms with Crippen molar-refractivity contribution >= 4 is 14.3 Å². The molecule has 15 heavy (non-hydrogen) atoms. The minimum atomic E-state index is -1.84. The molecular formula is C11H24O3Si. The Morgan fingerprint density at radius 2 is 1.67 bits per heavy atom. The van der Waals surface area contributed by atoms with Crippen LogP contribution in [0.2, 0.25) is 18.1 Å². The third-order valence-corrected chi connectivity index (χ3v) is 7.95. The van der Waals surface area contributed by atoms with E-state index in [1.165, 1.54) is 0 Å². The molecule has 0 fully saturated rings. The van der Waals surface area contributed by atoms with Gasteiger partial charge in [0.15, 0.2) is 8.32 Å². The fourth-order valence-corrected chi connectivity index (χ4v) is 2.43. The highest BCUT2D eigenvalue weighted by Crippen LogP contribution is 2.37. The first kappa shape index (κ1) is 14.6. The Labute approximate surface area is 94.0 Å². The second-order valence-corrected chi connectivity index (χ2v) is 10.5. The van der Waals surface area contributed by atoms with Gasteiger partial charge in [0.2, 0.25) is 0 Å². The zero-order valence-electron chi connectivity index (χ0n) is 10.9. The van der Waals surface area contributed by atoms with Crippen LogP contribution in [0.5, 0.6) is 0 Å². The summed E-state index contributed by atoms with van der Waals surface area (Å²) in [6.45, 7) is 14.3. The van der Waals surface area contributed by atoms with E-state index < -0.39 is 20.2 Å². The smallest absolute Gasteiger partial charge is 0.308 e. The van der Waals surface area contributed by atoms with Crippen molar-refractivity contribution in [2.45, 2.75) is 58.9 Å². The molecule has 0 bridgehead atoms. The van der Waals surface area contributed by atoms with Gasteiger partial charge in [0.25, 0.3) is 0 Å². The lowest BCUT2D eigenvalue weighted by atomic mass is 10.1. The Balaban J connectivity index is 4.54. The quantitative estimate of drug-likeness (QED) is 0.758. The Morgan fingerprint density at radius 1 is 1.27 bits per heavy atom. The third-order valence-electron chi connectivity index (χ3n) is 3.38. The first-order chi connectivity index (χ1) is 6.49. The fraction of sp³-hybridized carbons (Fsp3) is 0.909. The number of hydrogen-bond donors (Lipinski definition) is 1. The predicted octanol–water partition coefficient (Wildman–Crippen LogP) is 3.12. The lowest BCUT2D eigenvalue weighted by Crippen LogP contribution is -2.45. The molecule has 0 aliphatic heterocycles. The molecule has 4 heteroatoms. The highest BCUT2D eigenvalue weighted by molar-refractivity contribution is 6.74.